The largest absolute Gasteiger partial charge is 0.294 e. The number of sulfonamides is 1. The fraction of sp³-hybridized carbons (Fsp3) is 0.625. The molecule has 1 atom stereocenters. The van der Waals surface area contributed by atoms with Crippen molar-refractivity contribution < 1.29 is 8.42 Å². The zero-order valence-electron chi connectivity index (χ0n) is 13.2. The van der Waals surface area contributed by atoms with Gasteiger partial charge in [-0.05, 0) is 29.9 Å². The molecule has 1 N–H and O–H groups in total. The Balaban J connectivity index is 2.07. The second-order valence-corrected chi connectivity index (χ2v) is 8.23. The van der Waals surface area contributed by atoms with Crippen molar-refractivity contribution in [2.45, 2.75) is 39.3 Å². The van der Waals surface area contributed by atoms with E-state index in [1.807, 2.05) is 0 Å². The van der Waals surface area contributed by atoms with Gasteiger partial charge in [0.25, 0.3) is 0 Å². The maximum atomic E-state index is 11.4. The molecule has 4 nitrogen and oxygen atoms in total. The van der Waals surface area contributed by atoms with Crippen molar-refractivity contribution in [2.75, 3.05) is 19.3 Å². The molecule has 1 aliphatic heterocycles. The van der Waals surface area contributed by atoms with Crippen molar-refractivity contribution in [1.29, 1.82) is 0 Å². The van der Waals surface area contributed by atoms with Crippen LogP contribution in [0.2, 0.25) is 0 Å². The zero-order chi connectivity index (χ0) is 15.5. The molecule has 1 aromatic rings. The minimum atomic E-state index is -3.13. The molecule has 0 aromatic heterocycles. The van der Waals surface area contributed by atoms with Crippen molar-refractivity contribution in [3.63, 3.8) is 0 Å². The topological polar surface area (TPSA) is 49.4 Å². The van der Waals surface area contributed by atoms with Crippen LogP contribution >= 0.6 is 0 Å². The molecule has 21 heavy (non-hydrogen) atoms. The van der Waals surface area contributed by atoms with Gasteiger partial charge in [0.1, 0.15) is 0 Å². The lowest BCUT2D eigenvalue weighted by atomic mass is 9.96. The van der Waals surface area contributed by atoms with Crippen LogP contribution in [0.5, 0.6) is 0 Å². The number of nitrogens with zero attached hydrogens (tertiary/aromatic N) is 1. The Morgan fingerprint density at radius 3 is 2.52 bits per heavy atom. The first-order chi connectivity index (χ1) is 9.85. The fourth-order valence-corrected chi connectivity index (χ4v) is 3.48. The van der Waals surface area contributed by atoms with Crippen LogP contribution in [0.1, 0.15) is 31.4 Å². The quantitative estimate of drug-likeness (QED) is 0.874. The maximum absolute atomic E-state index is 11.4. The summed E-state index contributed by atoms with van der Waals surface area (Å²) >= 11 is 0. The van der Waals surface area contributed by atoms with E-state index in [1.165, 1.54) is 17.4 Å². The van der Waals surface area contributed by atoms with E-state index < -0.39 is 10.0 Å². The highest BCUT2D eigenvalue weighted by atomic mass is 32.2. The summed E-state index contributed by atoms with van der Waals surface area (Å²) < 4.78 is 25.4. The summed E-state index contributed by atoms with van der Waals surface area (Å²) in [7, 11) is -3.13. The molecule has 0 saturated carbocycles. The van der Waals surface area contributed by atoms with E-state index in [1.54, 1.807) is 0 Å². The van der Waals surface area contributed by atoms with E-state index in [0.29, 0.717) is 12.5 Å². The predicted molar refractivity (Wildman–Crippen MR) is 86.6 cm³/mol. The van der Waals surface area contributed by atoms with Crippen molar-refractivity contribution >= 4 is 10.0 Å². The van der Waals surface area contributed by atoms with E-state index in [0.717, 1.165) is 25.9 Å². The van der Waals surface area contributed by atoms with Gasteiger partial charge < -0.3 is 0 Å². The summed E-state index contributed by atoms with van der Waals surface area (Å²) in [5, 5.41) is 0. The summed E-state index contributed by atoms with van der Waals surface area (Å²) in [6.45, 7) is 6.79. The molecule has 0 fully saturated rings. The van der Waals surface area contributed by atoms with Crippen LogP contribution < -0.4 is 4.72 Å². The van der Waals surface area contributed by atoms with Crippen LogP contribution in [0.15, 0.2) is 24.3 Å². The summed E-state index contributed by atoms with van der Waals surface area (Å²) in [6.07, 6.45) is 3.28. The van der Waals surface area contributed by atoms with E-state index in [2.05, 4.69) is 47.7 Å². The third-order valence-electron chi connectivity index (χ3n) is 4.00. The smallest absolute Gasteiger partial charge is 0.208 e. The minimum Gasteiger partial charge on any atom is -0.294 e. The first kappa shape index (κ1) is 16.5. The molecule has 0 bridgehead atoms. The zero-order valence-corrected chi connectivity index (χ0v) is 14.0. The molecule has 2 rings (SSSR count). The number of hydrogen-bond donors (Lipinski definition) is 1. The molecule has 0 spiro atoms. The van der Waals surface area contributed by atoms with Gasteiger partial charge in [0.2, 0.25) is 10.0 Å². The Hall–Kier alpha value is -0.910. The SMILES string of the molecule is CC(C)CC(CNS(C)(=O)=O)N1CCc2ccccc2C1. The van der Waals surface area contributed by atoms with Gasteiger partial charge >= 0.3 is 0 Å². The lowest BCUT2D eigenvalue weighted by Crippen LogP contribution is -2.46. The number of rotatable bonds is 6. The molecular weight excluding hydrogens is 284 g/mol. The highest BCUT2D eigenvalue weighted by Crippen LogP contribution is 2.22. The summed E-state index contributed by atoms with van der Waals surface area (Å²) in [4.78, 5) is 2.42. The molecule has 0 radical (unpaired) electrons. The van der Waals surface area contributed by atoms with E-state index in [4.69, 9.17) is 0 Å². The normalized spacial score (nSPS) is 17.7. The Morgan fingerprint density at radius 2 is 1.90 bits per heavy atom. The minimum absolute atomic E-state index is 0.257. The highest BCUT2D eigenvalue weighted by Gasteiger charge is 2.24. The van der Waals surface area contributed by atoms with E-state index in [9.17, 15) is 8.42 Å². The van der Waals surface area contributed by atoms with Crippen LogP contribution in [-0.2, 0) is 23.0 Å². The Bertz CT molecular complexity index is 569. The molecule has 1 heterocycles. The van der Waals surface area contributed by atoms with Crippen LogP contribution in [0.3, 0.4) is 0 Å². The molecule has 1 unspecified atom stereocenters. The average molecular weight is 310 g/mol. The van der Waals surface area contributed by atoms with Gasteiger partial charge in [0.05, 0.1) is 6.26 Å². The molecule has 0 saturated heterocycles. The molecule has 1 aromatic carbocycles. The number of hydrogen-bond acceptors (Lipinski definition) is 3. The standard InChI is InChI=1S/C16H26N2O2S/c1-13(2)10-16(11-17-21(3,19)20)18-9-8-14-6-4-5-7-15(14)12-18/h4-7,13,16-17H,8-12H2,1-3H3. The first-order valence-corrected chi connectivity index (χ1v) is 9.50. The van der Waals surface area contributed by atoms with Crippen LogP contribution in [0.4, 0.5) is 0 Å². The number of nitrogens with one attached hydrogen (secondary N) is 1. The van der Waals surface area contributed by atoms with Gasteiger partial charge in [-0.3, -0.25) is 4.90 Å². The van der Waals surface area contributed by atoms with Crippen molar-refractivity contribution in [1.82, 2.24) is 9.62 Å². The van der Waals surface area contributed by atoms with Crippen molar-refractivity contribution in [3.8, 4) is 0 Å². The first-order valence-electron chi connectivity index (χ1n) is 7.60. The Morgan fingerprint density at radius 1 is 1.24 bits per heavy atom. The summed E-state index contributed by atoms with van der Waals surface area (Å²) in [6, 6.07) is 8.80. The third kappa shape index (κ3) is 5.09. The fourth-order valence-electron chi connectivity index (χ4n) is 2.98. The Kier molecular flexibility index (Phi) is 5.41. The monoisotopic (exact) mass is 310 g/mol. The van der Waals surface area contributed by atoms with E-state index >= 15 is 0 Å². The van der Waals surface area contributed by atoms with Crippen LogP contribution in [0, 0.1) is 5.92 Å². The summed E-state index contributed by atoms with van der Waals surface area (Å²) in [5.74, 6) is 0.550. The molecule has 0 amide bonds. The maximum Gasteiger partial charge on any atom is 0.208 e. The van der Waals surface area contributed by atoms with E-state index in [-0.39, 0.29) is 6.04 Å². The Labute approximate surface area is 128 Å². The molecule has 1 aliphatic rings. The lowest BCUT2D eigenvalue weighted by molar-refractivity contribution is 0.158. The lowest BCUT2D eigenvalue weighted by Gasteiger charge is -2.36. The third-order valence-corrected chi connectivity index (χ3v) is 4.69. The number of benzene rings is 1. The van der Waals surface area contributed by atoms with Crippen molar-refractivity contribution in [2.24, 2.45) is 5.92 Å². The second-order valence-electron chi connectivity index (χ2n) is 6.39. The van der Waals surface area contributed by atoms with Gasteiger partial charge in [0.15, 0.2) is 0 Å². The van der Waals surface area contributed by atoms with Gasteiger partial charge in [0, 0.05) is 25.7 Å². The molecule has 5 heteroatoms. The summed E-state index contributed by atoms with van der Waals surface area (Å²) in [5.41, 5.74) is 2.80. The van der Waals surface area contributed by atoms with Crippen LogP contribution in [0.25, 0.3) is 0 Å². The number of fused-ring (bicyclic) bond motifs is 1. The van der Waals surface area contributed by atoms with Gasteiger partial charge in [-0.15, -0.1) is 0 Å². The molecular formula is C16H26N2O2S. The second kappa shape index (κ2) is 6.90. The van der Waals surface area contributed by atoms with Crippen molar-refractivity contribution in [3.05, 3.63) is 35.4 Å². The molecule has 118 valence electrons. The van der Waals surface area contributed by atoms with Crippen LogP contribution in [-0.4, -0.2) is 38.7 Å². The van der Waals surface area contributed by atoms with Gasteiger partial charge in [-0.2, -0.15) is 0 Å². The van der Waals surface area contributed by atoms with Gasteiger partial charge in [-0.1, -0.05) is 38.1 Å². The van der Waals surface area contributed by atoms with Gasteiger partial charge in [-0.25, -0.2) is 13.1 Å². The predicted octanol–water partition coefficient (Wildman–Crippen LogP) is 2.01. The highest BCUT2D eigenvalue weighted by molar-refractivity contribution is 7.88. The average Bonchev–Trinajstić information content (AvgIpc) is 2.41. The molecule has 0 aliphatic carbocycles.